The van der Waals surface area contributed by atoms with Crippen molar-refractivity contribution >= 4 is 43.0 Å². The highest BCUT2D eigenvalue weighted by molar-refractivity contribution is 8.54. The van der Waals surface area contributed by atoms with Crippen LogP contribution in [-0.4, -0.2) is 89.0 Å². The highest BCUT2D eigenvalue weighted by Gasteiger charge is 2.55. The van der Waals surface area contributed by atoms with E-state index in [0.29, 0.717) is 28.4 Å². The molecule has 57 heavy (non-hydrogen) atoms. The number of aromatic hydroxyl groups is 1. The summed E-state index contributed by atoms with van der Waals surface area (Å²) < 4.78 is 102. The molecule has 0 amide bonds. The quantitative estimate of drug-likeness (QED) is 0.169. The lowest BCUT2D eigenvalue weighted by atomic mass is 10.1. The van der Waals surface area contributed by atoms with Gasteiger partial charge in [-0.15, -0.1) is 0 Å². The second kappa shape index (κ2) is 15.7. The molecule has 3 saturated heterocycles. The fourth-order valence-electron chi connectivity index (χ4n) is 6.24. The van der Waals surface area contributed by atoms with Crippen molar-refractivity contribution in [1.29, 1.82) is 0 Å². The molecule has 2 aromatic carbocycles. The number of nitrogens with one attached hydrogen (secondary N) is 1. The molecule has 0 aliphatic carbocycles. The van der Waals surface area contributed by atoms with Crippen LogP contribution in [0.2, 0.25) is 0 Å². The van der Waals surface area contributed by atoms with E-state index in [2.05, 4.69) is 15.0 Å². The molecule has 0 spiro atoms. The lowest BCUT2D eigenvalue weighted by Gasteiger charge is -2.27. The van der Waals surface area contributed by atoms with E-state index in [1.807, 2.05) is 4.98 Å². The second-order valence-corrected chi connectivity index (χ2v) is 18.2. The minimum atomic E-state index is -5.28. The first kappa shape index (κ1) is 39.3. The molecular weight excluding hydrogens is 822 g/mol. The number of hydrogen-bond acceptors (Lipinski definition) is 17. The molecule has 6 heterocycles. The van der Waals surface area contributed by atoms with Crippen LogP contribution in [0.1, 0.15) is 18.0 Å². The number of alkyl halides is 2. The number of fused-ring (bicyclic) bond motifs is 5. The third-order valence-corrected chi connectivity index (χ3v) is 13.6. The Labute approximate surface area is 322 Å². The zero-order valence-electron chi connectivity index (χ0n) is 28.9. The Hall–Kier alpha value is -4.54. The Morgan fingerprint density at radius 1 is 0.877 bits per heavy atom. The molecule has 10 atom stereocenters. The predicted octanol–water partition coefficient (Wildman–Crippen LogP) is 3.89. The molecule has 3 aromatic heterocycles. The number of benzene rings is 2. The van der Waals surface area contributed by atoms with E-state index in [1.165, 1.54) is 23.0 Å². The molecule has 5 aromatic rings. The summed E-state index contributed by atoms with van der Waals surface area (Å²) in [6.07, 6.45) is -11.7. The molecule has 302 valence electrons. The summed E-state index contributed by atoms with van der Waals surface area (Å²) in [5.41, 5.74) is 4.88. The number of phenolic OH excluding ortho intramolecular Hbond substituents is 1. The van der Waals surface area contributed by atoms with E-state index < -0.39 is 88.3 Å². The van der Waals surface area contributed by atoms with Gasteiger partial charge in [0.1, 0.15) is 53.5 Å². The Balaban J connectivity index is 1.11. The van der Waals surface area contributed by atoms with Crippen molar-refractivity contribution in [3.05, 3.63) is 99.9 Å². The molecule has 5 N–H and O–H groups in total. The topological polar surface area (TPSA) is 264 Å². The Bertz CT molecular complexity index is 2480. The number of phosphoric ester groups is 1. The number of nitrogens with zero attached hydrogens (tertiary/aromatic N) is 5. The molecule has 3 fully saturated rings. The van der Waals surface area contributed by atoms with Crippen molar-refractivity contribution in [1.82, 2.24) is 29.1 Å². The fourth-order valence-corrected chi connectivity index (χ4v) is 10.5. The van der Waals surface area contributed by atoms with Crippen LogP contribution in [-0.2, 0) is 42.5 Å². The second-order valence-electron chi connectivity index (χ2n) is 12.8. The van der Waals surface area contributed by atoms with Gasteiger partial charge in [-0.05, 0) is 53.3 Å². The third-order valence-electron chi connectivity index (χ3n) is 9.00. The van der Waals surface area contributed by atoms with Gasteiger partial charge in [-0.3, -0.25) is 37.0 Å². The number of imidazole rings is 1. The number of phenols is 1. The average Bonchev–Trinajstić information content (AvgIpc) is 3.84. The maximum absolute atomic E-state index is 16.5. The monoisotopic (exact) mass is 853 g/mol. The number of aromatic amines is 1. The maximum Gasteiger partial charge on any atom is 0.472 e. The molecule has 2 unspecified atom stereocenters. The first-order valence-corrected chi connectivity index (χ1v) is 21.5. The van der Waals surface area contributed by atoms with Gasteiger partial charge in [0.25, 0.3) is 5.56 Å². The third kappa shape index (κ3) is 8.26. The van der Waals surface area contributed by atoms with Crippen LogP contribution in [0.25, 0.3) is 11.2 Å². The number of hydrogen-bond donors (Lipinski definition) is 4. The van der Waals surface area contributed by atoms with E-state index in [-0.39, 0.29) is 28.5 Å². The number of nitrogen functional groups attached to an aromatic ring is 1. The molecule has 20 nitrogen and oxygen atoms in total. The van der Waals surface area contributed by atoms with E-state index in [4.69, 9.17) is 38.0 Å². The molecule has 4 bridgehead atoms. The summed E-state index contributed by atoms with van der Waals surface area (Å²) in [6, 6.07) is 13.6. The van der Waals surface area contributed by atoms with Gasteiger partial charge in [-0.25, -0.2) is 37.7 Å². The van der Waals surface area contributed by atoms with Gasteiger partial charge in [-0.1, -0.05) is 12.1 Å². The van der Waals surface area contributed by atoms with Gasteiger partial charge in [0, 0.05) is 18.0 Å². The van der Waals surface area contributed by atoms with Crippen LogP contribution < -0.4 is 21.7 Å². The standard InChI is InChI=1S/C32H31F2N7O13P2S/c33-23-21-12-49-56(47,57-13-16-1-5-18(6-2-16)50-19-7-3-17(42)4-8-19)54-27-24(34)20(52-31(27)41-15-38-25-28(35)36-14-37-29(25)41)11-48-55(45,46)53-26(23)30(51-21)40-10-9-22(43)39-32(40)44/h1-10,14-15,20-21,23-24,26-27,30-31,42H,11-13H2,(H,45,46)(H2,35,36,37)(H,39,43,44)/t20-,21-,23-,24-,26-,27-,30-,31-,56?/m1/s1. The molecular formula is C32H31F2N7O13P2S. The van der Waals surface area contributed by atoms with Crippen molar-refractivity contribution < 1.29 is 60.2 Å². The van der Waals surface area contributed by atoms with Gasteiger partial charge < -0.3 is 29.9 Å². The molecule has 8 rings (SSSR count). The summed E-state index contributed by atoms with van der Waals surface area (Å²) in [7, 11) is -5.28. The minimum absolute atomic E-state index is 0.00930. The SMILES string of the molecule is Nc1ncnc2c1ncn2[C@@H]1O[C@@H]2COP(=O)(O)O[C@@H]3[C@H](F)[C@@H](COP(=O)(SCc4ccc(Oc5ccc(O)cc5)cc4)O[C@@H]1[C@@H]2F)O[C@H]3n1ccc(=O)[nH]c1=O. The number of phosphoric acid groups is 1. The zero-order valence-corrected chi connectivity index (χ0v) is 31.5. The van der Waals surface area contributed by atoms with E-state index in [1.54, 1.807) is 36.4 Å². The van der Waals surface area contributed by atoms with Crippen molar-refractivity contribution in [2.75, 3.05) is 18.9 Å². The lowest BCUT2D eigenvalue weighted by Crippen LogP contribution is -2.38. The Morgan fingerprint density at radius 2 is 1.51 bits per heavy atom. The summed E-state index contributed by atoms with van der Waals surface area (Å²) in [5.74, 6) is 0.897. The van der Waals surface area contributed by atoms with Crippen LogP contribution in [0.4, 0.5) is 14.6 Å². The predicted molar refractivity (Wildman–Crippen MR) is 194 cm³/mol. The van der Waals surface area contributed by atoms with Crippen LogP contribution in [0.15, 0.2) is 83.0 Å². The highest BCUT2D eigenvalue weighted by atomic mass is 32.7. The number of rotatable bonds is 7. The number of aromatic nitrogens is 6. The maximum atomic E-state index is 16.5. The fraction of sp³-hybridized carbons (Fsp3) is 0.344. The van der Waals surface area contributed by atoms with Gasteiger partial charge >= 0.3 is 20.3 Å². The van der Waals surface area contributed by atoms with Gasteiger partial charge in [0.05, 0.1) is 19.5 Å². The zero-order chi connectivity index (χ0) is 40.1. The largest absolute Gasteiger partial charge is 0.508 e. The normalized spacial score (nSPS) is 31.9. The summed E-state index contributed by atoms with van der Waals surface area (Å²) in [4.78, 5) is 49.3. The number of nitrogens with two attached hydrogens (primary N) is 1. The van der Waals surface area contributed by atoms with Crippen LogP contribution in [0, 0.1) is 0 Å². The van der Waals surface area contributed by atoms with Crippen LogP contribution >= 0.6 is 26.0 Å². The number of ether oxygens (including phenoxy) is 3. The van der Waals surface area contributed by atoms with Crippen molar-refractivity contribution in [2.45, 2.75) is 55.0 Å². The van der Waals surface area contributed by atoms with Crippen LogP contribution in [0.5, 0.6) is 17.2 Å². The van der Waals surface area contributed by atoms with Gasteiger partial charge in [-0.2, -0.15) is 0 Å². The van der Waals surface area contributed by atoms with E-state index >= 15 is 8.78 Å². The smallest absolute Gasteiger partial charge is 0.472 e. The number of H-pyrrole nitrogens is 1. The van der Waals surface area contributed by atoms with Crippen molar-refractivity contribution in [3.63, 3.8) is 0 Å². The van der Waals surface area contributed by atoms with Crippen molar-refractivity contribution in [3.8, 4) is 17.2 Å². The summed E-state index contributed by atoms with van der Waals surface area (Å²) in [5, 5.41) is 9.54. The molecule has 3 aliphatic rings. The Kier molecular flexibility index (Phi) is 10.8. The molecule has 25 heteroatoms. The Morgan fingerprint density at radius 3 is 2.19 bits per heavy atom. The van der Waals surface area contributed by atoms with E-state index in [0.717, 1.165) is 23.2 Å². The average molecular weight is 854 g/mol. The van der Waals surface area contributed by atoms with Gasteiger partial charge in [0.2, 0.25) is 0 Å². The molecule has 3 aliphatic heterocycles. The van der Waals surface area contributed by atoms with Crippen molar-refractivity contribution in [2.24, 2.45) is 0 Å². The number of anilines is 1. The minimum Gasteiger partial charge on any atom is -0.508 e. The molecule has 0 radical (unpaired) electrons. The number of halogens is 2. The molecule has 0 saturated carbocycles. The summed E-state index contributed by atoms with van der Waals surface area (Å²) in [6.45, 7) is -6.45. The highest BCUT2D eigenvalue weighted by Crippen LogP contribution is 2.65. The van der Waals surface area contributed by atoms with Crippen LogP contribution in [0.3, 0.4) is 0 Å². The first-order chi connectivity index (χ1) is 27.3. The lowest BCUT2D eigenvalue weighted by molar-refractivity contribution is -0.0650. The van der Waals surface area contributed by atoms with E-state index in [9.17, 15) is 28.7 Å². The summed E-state index contributed by atoms with van der Waals surface area (Å²) >= 11 is 0.627. The first-order valence-electron chi connectivity index (χ1n) is 16.9. The van der Waals surface area contributed by atoms with Gasteiger partial charge in [0.15, 0.2) is 36.3 Å².